The van der Waals surface area contributed by atoms with E-state index in [9.17, 15) is 0 Å². The molecule has 1 aromatic heterocycles. The fraction of sp³-hybridized carbons (Fsp3) is 0.278. The van der Waals surface area contributed by atoms with E-state index in [1.165, 1.54) is 16.7 Å². The first-order valence-corrected chi connectivity index (χ1v) is 7.34. The monoisotopic (exact) mass is 278 g/mol. The summed E-state index contributed by atoms with van der Waals surface area (Å²) in [5, 5.41) is 0. The zero-order valence-corrected chi connectivity index (χ0v) is 12.3. The maximum absolute atomic E-state index is 5.58. The van der Waals surface area contributed by atoms with Crippen LogP contribution in [-0.2, 0) is 6.54 Å². The van der Waals surface area contributed by atoms with Crippen molar-refractivity contribution in [3.63, 3.8) is 0 Å². The lowest BCUT2D eigenvalue weighted by atomic mass is 9.85. The van der Waals surface area contributed by atoms with Crippen LogP contribution in [0.15, 0.2) is 46.9 Å². The molecule has 1 aliphatic rings. The van der Waals surface area contributed by atoms with Crippen LogP contribution in [0.2, 0.25) is 0 Å². The van der Waals surface area contributed by atoms with Crippen molar-refractivity contribution in [2.24, 2.45) is 0 Å². The molecular weight excluding hydrogens is 260 g/mol. The number of oxazole rings is 1. The van der Waals surface area contributed by atoms with Crippen LogP contribution in [0, 0.1) is 6.92 Å². The molecule has 0 saturated carbocycles. The van der Waals surface area contributed by atoms with Gasteiger partial charge in [0.05, 0.1) is 0 Å². The van der Waals surface area contributed by atoms with Crippen molar-refractivity contribution in [2.45, 2.75) is 19.4 Å². The molecule has 106 valence electrons. The van der Waals surface area contributed by atoms with Crippen LogP contribution in [0.5, 0.6) is 0 Å². The van der Waals surface area contributed by atoms with Gasteiger partial charge in [-0.1, -0.05) is 30.3 Å². The van der Waals surface area contributed by atoms with Crippen LogP contribution in [0.25, 0.3) is 11.1 Å². The second-order valence-corrected chi connectivity index (χ2v) is 5.91. The van der Waals surface area contributed by atoms with Crippen molar-refractivity contribution in [1.29, 1.82) is 0 Å². The molecule has 4 rings (SSSR count). The van der Waals surface area contributed by atoms with E-state index in [1.54, 1.807) is 0 Å². The van der Waals surface area contributed by atoms with Gasteiger partial charge in [-0.05, 0) is 35.9 Å². The molecule has 1 unspecified atom stereocenters. The third-order valence-corrected chi connectivity index (χ3v) is 4.29. The molecule has 0 fully saturated rings. The number of aryl methyl sites for hydroxylation is 1. The summed E-state index contributed by atoms with van der Waals surface area (Å²) in [5.41, 5.74) is 6.00. The molecule has 3 heteroatoms. The highest BCUT2D eigenvalue weighted by molar-refractivity contribution is 5.74. The van der Waals surface area contributed by atoms with E-state index >= 15 is 0 Å². The molecule has 1 atom stereocenters. The Balaban J connectivity index is 1.84. The molecule has 2 aromatic carbocycles. The van der Waals surface area contributed by atoms with Crippen molar-refractivity contribution in [3.05, 3.63) is 65.0 Å². The first-order valence-electron chi connectivity index (χ1n) is 7.34. The van der Waals surface area contributed by atoms with Crippen LogP contribution in [0.4, 0.5) is 0 Å². The molecule has 0 amide bonds. The van der Waals surface area contributed by atoms with Gasteiger partial charge in [-0.2, -0.15) is 0 Å². The molecule has 0 spiro atoms. The minimum atomic E-state index is 0.404. The van der Waals surface area contributed by atoms with Crippen molar-refractivity contribution in [2.75, 3.05) is 13.6 Å². The van der Waals surface area contributed by atoms with Gasteiger partial charge in [0.25, 0.3) is 0 Å². The Morgan fingerprint density at radius 2 is 2.05 bits per heavy atom. The molecule has 0 aliphatic carbocycles. The van der Waals surface area contributed by atoms with Crippen LogP contribution < -0.4 is 0 Å². The van der Waals surface area contributed by atoms with Crippen molar-refractivity contribution in [1.82, 2.24) is 9.88 Å². The topological polar surface area (TPSA) is 29.3 Å². The van der Waals surface area contributed by atoms with E-state index in [2.05, 4.69) is 53.3 Å². The summed E-state index contributed by atoms with van der Waals surface area (Å²) in [4.78, 5) is 6.84. The summed E-state index contributed by atoms with van der Waals surface area (Å²) < 4.78 is 5.58. The van der Waals surface area contributed by atoms with E-state index < -0.39 is 0 Å². The second kappa shape index (κ2) is 4.71. The van der Waals surface area contributed by atoms with Crippen molar-refractivity contribution in [3.8, 4) is 0 Å². The number of hydrogen-bond donors (Lipinski definition) is 0. The van der Waals surface area contributed by atoms with Crippen molar-refractivity contribution < 1.29 is 4.42 Å². The first kappa shape index (κ1) is 12.6. The highest BCUT2D eigenvalue weighted by atomic mass is 16.3. The van der Waals surface area contributed by atoms with Gasteiger partial charge in [-0.25, -0.2) is 4.98 Å². The largest absolute Gasteiger partial charge is 0.441 e. The molecule has 3 nitrogen and oxygen atoms in total. The zero-order valence-electron chi connectivity index (χ0n) is 12.3. The number of rotatable bonds is 1. The summed E-state index contributed by atoms with van der Waals surface area (Å²) in [7, 11) is 2.18. The predicted molar refractivity (Wildman–Crippen MR) is 83.4 cm³/mol. The second-order valence-electron chi connectivity index (χ2n) is 5.91. The first-order chi connectivity index (χ1) is 10.2. The molecule has 1 aliphatic heterocycles. The molecular formula is C18H18N2O. The fourth-order valence-corrected chi connectivity index (χ4v) is 3.34. The molecule has 2 heterocycles. The lowest BCUT2D eigenvalue weighted by Gasteiger charge is -2.32. The number of benzene rings is 2. The third kappa shape index (κ3) is 2.14. The maximum Gasteiger partial charge on any atom is 0.192 e. The summed E-state index contributed by atoms with van der Waals surface area (Å²) in [6.07, 6.45) is 0. The van der Waals surface area contributed by atoms with E-state index in [-0.39, 0.29) is 0 Å². The van der Waals surface area contributed by atoms with Crippen LogP contribution in [-0.4, -0.2) is 23.5 Å². The van der Waals surface area contributed by atoms with Gasteiger partial charge < -0.3 is 9.32 Å². The lowest BCUT2D eigenvalue weighted by molar-refractivity contribution is 0.295. The Kier molecular flexibility index (Phi) is 2.82. The minimum Gasteiger partial charge on any atom is -0.441 e. The normalized spacial score (nSPS) is 18.9. The summed E-state index contributed by atoms with van der Waals surface area (Å²) >= 11 is 0. The Hall–Kier alpha value is -2.13. The highest BCUT2D eigenvalue weighted by Gasteiger charge is 2.24. The SMILES string of the molecule is Cc1nc2cc(C3CN(C)Cc4ccccc43)ccc2o1. The van der Waals surface area contributed by atoms with Gasteiger partial charge in [0, 0.05) is 25.9 Å². The van der Waals surface area contributed by atoms with Crippen LogP contribution in [0.3, 0.4) is 0 Å². The maximum atomic E-state index is 5.58. The number of hydrogen-bond acceptors (Lipinski definition) is 3. The summed E-state index contributed by atoms with van der Waals surface area (Å²) in [6, 6.07) is 15.1. The molecule has 21 heavy (non-hydrogen) atoms. The third-order valence-electron chi connectivity index (χ3n) is 4.29. The summed E-state index contributed by atoms with van der Waals surface area (Å²) in [5.74, 6) is 1.13. The predicted octanol–water partition coefficient (Wildman–Crippen LogP) is 3.71. The molecule has 0 radical (unpaired) electrons. The zero-order chi connectivity index (χ0) is 14.4. The van der Waals surface area contributed by atoms with Crippen LogP contribution >= 0.6 is 0 Å². The lowest BCUT2D eigenvalue weighted by Crippen LogP contribution is -2.30. The molecule has 0 N–H and O–H groups in total. The molecule has 0 saturated heterocycles. The highest BCUT2D eigenvalue weighted by Crippen LogP contribution is 2.34. The average Bonchev–Trinajstić information content (AvgIpc) is 2.85. The summed E-state index contributed by atoms with van der Waals surface area (Å²) in [6.45, 7) is 3.96. The number of fused-ring (bicyclic) bond motifs is 2. The fourth-order valence-electron chi connectivity index (χ4n) is 3.34. The number of likely N-dealkylation sites (N-methyl/N-ethyl adjacent to an activating group) is 1. The smallest absolute Gasteiger partial charge is 0.192 e. The van der Waals surface area contributed by atoms with Gasteiger partial charge in [-0.3, -0.25) is 0 Å². The number of aromatic nitrogens is 1. The Bertz CT molecular complexity index is 806. The quantitative estimate of drug-likeness (QED) is 0.679. The van der Waals surface area contributed by atoms with Gasteiger partial charge in [0.1, 0.15) is 5.52 Å². The number of nitrogens with zero attached hydrogens (tertiary/aromatic N) is 2. The Morgan fingerprint density at radius 1 is 1.19 bits per heavy atom. The Morgan fingerprint density at radius 3 is 2.95 bits per heavy atom. The Labute approximate surface area is 124 Å². The van der Waals surface area contributed by atoms with Gasteiger partial charge in [0.2, 0.25) is 0 Å². The average molecular weight is 278 g/mol. The van der Waals surface area contributed by atoms with Gasteiger partial charge in [0.15, 0.2) is 11.5 Å². The van der Waals surface area contributed by atoms with Gasteiger partial charge >= 0.3 is 0 Å². The van der Waals surface area contributed by atoms with Crippen LogP contribution in [0.1, 0.15) is 28.5 Å². The van der Waals surface area contributed by atoms with E-state index in [0.29, 0.717) is 5.92 Å². The molecule has 3 aromatic rings. The molecule has 0 bridgehead atoms. The van der Waals surface area contributed by atoms with E-state index in [0.717, 1.165) is 30.1 Å². The van der Waals surface area contributed by atoms with Crippen molar-refractivity contribution >= 4 is 11.1 Å². The minimum absolute atomic E-state index is 0.404. The van der Waals surface area contributed by atoms with E-state index in [1.807, 2.05) is 13.0 Å². The van der Waals surface area contributed by atoms with Gasteiger partial charge in [-0.15, -0.1) is 0 Å². The van der Waals surface area contributed by atoms with E-state index in [4.69, 9.17) is 4.42 Å². The standard InChI is InChI=1S/C18H18N2O/c1-12-19-17-9-13(7-8-18(17)21-12)16-11-20(2)10-14-5-3-4-6-15(14)16/h3-9,16H,10-11H2,1-2H3.